The van der Waals surface area contributed by atoms with Gasteiger partial charge in [-0.1, -0.05) is 41.5 Å². The summed E-state index contributed by atoms with van der Waals surface area (Å²) in [5, 5.41) is 8.40. The summed E-state index contributed by atoms with van der Waals surface area (Å²) >= 11 is 0. The van der Waals surface area contributed by atoms with Gasteiger partial charge in [-0.15, -0.1) is 0 Å². The highest BCUT2D eigenvalue weighted by Crippen LogP contribution is 2.09. The molecule has 0 unspecified atom stereocenters. The molecule has 0 spiro atoms. The predicted octanol–water partition coefficient (Wildman–Crippen LogP) is 2.02. The van der Waals surface area contributed by atoms with E-state index in [1.165, 1.54) is 0 Å². The Hall–Kier alpha value is -0.0800. The maximum absolute atomic E-state index is 8.40. The second kappa shape index (κ2) is 5.55. The molecule has 0 bridgehead atoms. The van der Waals surface area contributed by atoms with Crippen LogP contribution < -0.4 is 5.73 Å². The Balaban J connectivity index is 0. The first-order valence-electron chi connectivity index (χ1n) is 4.43. The Morgan fingerprint density at radius 3 is 1.08 bits per heavy atom. The number of rotatable bonds is 0. The van der Waals surface area contributed by atoms with Gasteiger partial charge < -0.3 is 10.8 Å². The molecule has 2 nitrogen and oxygen atoms in total. The molecule has 0 atom stereocenters. The van der Waals surface area contributed by atoms with Crippen LogP contribution in [0.25, 0.3) is 0 Å². The van der Waals surface area contributed by atoms with Gasteiger partial charge in [-0.3, -0.25) is 0 Å². The lowest BCUT2D eigenvalue weighted by molar-refractivity contribution is 0.177. The van der Waals surface area contributed by atoms with Gasteiger partial charge in [0.25, 0.3) is 0 Å². The van der Waals surface area contributed by atoms with Crippen LogP contribution in [0.3, 0.4) is 0 Å². The molecule has 76 valence electrons. The molecule has 0 fully saturated rings. The van der Waals surface area contributed by atoms with Crippen molar-refractivity contribution in [1.29, 1.82) is 0 Å². The third kappa shape index (κ3) is 22.5. The van der Waals surface area contributed by atoms with E-state index in [-0.39, 0.29) is 12.0 Å². The van der Waals surface area contributed by atoms with Crippen molar-refractivity contribution in [3.8, 4) is 0 Å². The zero-order chi connectivity index (χ0) is 10.4. The molecule has 0 aliphatic heterocycles. The van der Waals surface area contributed by atoms with Crippen LogP contribution in [0.4, 0.5) is 0 Å². The minimum atomic E-state index is 0.0972. The van der Waals surface area contributed by atoms with Crippen molar-refractivity contribution in [1.82, 2.24) is 0 Å². The van der Waals surface area contributed by atoms with Gasteiger partial charge in [-0.25, -0.2) is 0 Å². The zero-order valence-corrected chi connectivity index (χ0v) is 9.44. The molecule has 12 heavy (non-hydrogen) atoms. The molecule has 0 radical (unpaired) electrons. The van der Waals surface area contributed by atoms with Gasteiger partial charge in [0.2, 0.25) is 0 Å². The zero-order valence-electron chi connectivity index (χ0n) is 9.44. The predicted molar refractivity (Wildman–Crippen MR) is 55.1 cm³/mol. The molecule has 0 aliphatic carbocycles. The van der Waals surface area contributed by atoms with Crippen molar-refractivity contribution in [2.24, 2.45) is 16.6 Å². The van der Waals surface area contributed by atoms with Crippen LogP contribution in [0, 0.1) is 10.8 Å². The van der Waals surface area contributed by atoms with Crippen LogP contribution in [0.15, 0.2) is 0 Å². The van der Waals surface area contributed by atoms with Gasteiger partial charge in [-0.2, -0.15) is 0 Å². The quantitative estimate of drug-likeness (QED) is 0.591. The molecule has 0 rings (SSSR count). The maximum atomic E-state index is 8.40. The van der Waals surface area contributed by atoms with Gasteiger partial charge in [-0.05, 0) is 17.4 Å². The Morgan fingerprint density at radius 1 is 0.917 bits per heavy atom. The topological polar surface area (TPSA) is 46.2 Å². The first-order valence-corrected chi connectivity index (χ1v) is 4.43. The van der Waals surface area contributed by atoms with Crippen LogP contribution >= 0.6 is 0 Å². The van der Waals surface area contributed by atoms with E-state index in [9.17, 15) is 0 Å². The summed E-state index contributed by atoms with van der Waals surface area (Å²) in [6, 6.07) is 0. The fourth-order valence-corrected chi connectivity index (χ4v) is 0. The van der Waals surface area contributed by atoms with E-state index >= 15 is 0 Å². The number of nitrogens with two attached hydrogens (primary N) is 1. The normalized spacial score (nSPS) is 12.0. The molecule has 2 heteroatoms. The summed E-state index contributed by atoms with van der Waals surface area (Å²) in [5.41, 5.74) is 5.72. The number of hydrogen-bond acceptors (Lipinski definition) is 2. The van der Waals surface area contributed by atoms with E-state index in [0.29, 0.717) is 5.41 Å². The summed E-state index contributed by atoms with van der Waals surface area (Å²) in [6.07, 6.45) is 0. The molecule has 0 saturated heterocycles. The third-order valence-corrected chi connectivity index (χ3v) is 1.09. The fourth-order valence-electron chi connectivity index (χ4n) is 0. The van der Waals surface area contributed by atoms with Crippen molar-refractivity contribution < 1.29 is 5.11 Å². The third-order valence-electron chi connectivity index (χ3n) is 1.09. The van der Waals surface area contributed by atoms with Crippen molar-refractivity contribution in [3.05, 3.63) is 0 Å². The molecule has 3 N–H and O–H groups in total. The molecule has 0 aliphatic rings. The van der Waals surface area contributed by atoms with Crippen LogP contribution in [0.1, 0.15) is 41.5 Å². The number of hydrogen-bond donors (Lipinski definition) is 2. The monoisotopic (exact) mass is 175 g/mol. The van der Waals surface area contributed by atoms with E-state index in [1.807, 2.05) is 20.8 Å². The summed E-state index contributed by atoms with van der Waals surface area (Å²) in [5.74, 6) is 0. The lowest BCUT2D eigenvalue weighted by Gasteiger charge is -2.12. The van der Waals surface area contributed by atoms with Gasteiger partial charge in [0.05, 0.1) is 0 Å². The molecule has 0 amide bonds. The average Bonchev–Trinajstić information content (AvgIpc) is 1.86. The first kappa shape index (κ1) is 14.4. The molecule has 0 aromatic heterocycles. The highest BCUT2D eigenvalue weighted by molar-refractivity contribution is 4.59. The van der Waals surface area contributed by atoms with Crippen LogP contribution in [0.5, 0.6) is 0 Å². The van der Waals surface area contributed by atoms with Crippen molar-refractivity contribution in [3.63, 3.8) is 0 Å². The molecule has 0 heterocycles. The van der Waals surface area contributed by atoms with Gasteiger partial charge in [0.15, 0.2) is 0 Å². The average molecular weight is 175 g/mol. The smallest absolute Gasteiger partial charge is 0.0479 e. The summed E-state index contributed by atoms with van der Waals surface area (Å²) in [6.45, 7) is 13.4. The molecular formula is C10H25NO. The standard InChI is InChI=1S/C5H13N.C5H12O/c2*1-5(2,3)4-6/h4,6H2,1-3H3;6H,4H2,1-3H3. The Kier molecular flexibility index (Phi) is 6.68. The minimum Gasteiger partial charge on any atom is -0.396 e. The lowest BCUT2D eigenvalue weighted by atomic mass is 9.98. The van der Waals surface area contributed by atoms with Crippen molar-refractivity contribution in [2.75, 3.05) is 13.2 Å². The summed E-state index contributed by atoms with van der Waals surface area (Å²) < 4.78 is 0. The Labute approximate surface area is 77.2 Å². The van der Waals surface area contributed by atoms with E-state index in [0.717, 1.165) is 6.54 Å². The first-order chi connectivity index (χ1) is 5.12. The van der Waals surface area contributed by atoms with E-state index in [1.54, 1.807) is 0 Å². The molecule has 0 aromatic carbocycles. The molecule has 0 saturated carbocycles. The second-order valence-electron chi connectivity index (χ2n) is 5.48. The largest absolute Gasteiger partial charge is 0.396 e. The SMILES string of the molecule is CC(C)(C)CN.CC(C)(C)CO. The van der Waals surface area contributed by atoms with Gasteiger partial charge in [0, 0.05) is 6.61 Å². The summed E-state index contributed by atoms with van der Waals surface area (Å²) in [7, 11) is 0. The van der Waals surface area contributed by atoms with Crippen LogP contribution in [-0.4, -0.2) is 18.3 Å². The van der Waals surface area contributed by atoms with Crippen LogP contribution in [0.2, 0.25) is 0 Å². The highest BCUT2D eigenvalue weighted by atomic mass is 16.3. The lowest BCUT2D eigenvalue weighted by Crippen LogP contribution is -2.18. The van der Waals surface area contributed by atoms with Gasteiger partial charge in [0.1, 0.15) is 0 Å². The van der Waals surface area contributed by atoms with Gasteiger partial charge >= 0.3 is 0 Å². The Morgan fingerprint density at radius 2 is 1.08 bits per heavy atom. The van der Waals surface area contributed by atoms with Crippen molar-refractivity contribution >= 4 is 0 Å². The highest BCUT2D eigenvalue weighted by Gasteiger charge is 2.05. The molecular weight excluding hydrogens is 150 g/mol. The number of aliphatic hydroxyl groups is 1. The molecule has 0 aromatic rings. The fraction of sp³-hybridized carbons (Fsp3) is 1.00. The van der Waals surface area contributed by atoms with Crippen LogP contribution in [-0.2, 0) is 0 Å². The van der Waals surface area contributed by atoms with E-state index in [4.69, 9.17) is 10.8 Å². The minimum absolute atomic E-state index is 0.0972. The van der Waals surface area contributed by atoms with E-state index < -0.39 is 0 Å². The Bertz CT molecular complexity index is 83.4. The second-order valence-corrected chi connectivity index (χ2v) is 5.48. The number of aliphatic hydroxyl groups excluding tert-OH is 1. The van der Waals surface area contributed by atoms with E-state index in [2.05, 4.69) is 20.8 Å². The summed E-state index contributed by atoms with van der Waals surface area (Å²) in [4.78, 5) is 0. The maximum Gasteiger partial charge on any atom is 0.0479 e. The van der Waals surface area contributed by atoms with Crippen molar-refractivity contribution in [2.45, 2.75) is 41.5 Å².